The van der Waals surface area contributed by atoms with E-state index in [-0.39, 0.29) is 17.6 Å². The first kappa shape index (κ1) is 23.7. The normalized spacial score (nSPS) is 12.1. The van der Waals surface area contributed by atoms with Gasteiger partial charge in [-0.3, -0.25) is 0 Å². The molecular weight excluding hydrogens is 459 g/mol. The molecule has 0 radical (unpaired) electrons. The number of nitrogens with one attached hydrogen (secondary N) is 3. The van der Waals surface area contributed by atoms with Gasteiger partial charge in [0.05, 0.1) is 11.8 Å². The molecule has 0 saturated carbocycles. The van der Waals surface area contributed by atoms with Gasteiger partial charge in [-0.15, -0.1) is 0 Å². The van der Waals surface area contributed by atoms with Crippen LogP contribution >= 0.6 is 0 Å². The van der Waals surface area contributed by atoms with Crippen molar-refractivity contribution in [3.63, 3.8) is 0 Å². The second-order valence-electron chi connectivity index (χ2n) is 6.40. The summed E-state index contributed by atoms with van der Waals surface area (Å²) in [6, 6.07) is 9.12. The Kier molecular flexibility index (Phi) is 6.94. The first-order valence-electron chi connectivity index (χ1n) is 9.03. The van der Waals surface area contributed by atoms with Crippen molar-refractivity contribution in [2.24, 2.45) is 5.10 Å². The average Bonchev–Trinajstić information content (AvgIpc) is 2.73. The van der Waals surface area contributed by atoms with Crippen LogP contribution in [0.1, 0.15) is 11.1 Å². The van der Waals surface area contributed by atoms with E-state index in [0.717, 1.165) is 24.3 Å². The number of benzene rings is 2. The third kappa shape index (κ3) is 7.59. The molecule has 0 aliphatic rings. The van der Waals surface area contributed by atoms with Gasteiger partial charge < -0.3 is 10.6 Å². The van der Waals surface area contributed by atoms with Crippen LogP contribution in [0.2, 0.25) is 0 Å². The maximum atomic E-state index is 12.9. The zero-order chi connectivity index (χ0) is 24.1. The van der Waals surface area contributed by atoms with Gasteiger partial charge in [-0.25, -0.2) is 9.82 Å². The highest BCUT2D eigenvalue weighted by Crippen LogP contribution is 2.30. The third-order valence-electron chi connectivity index (χ3n) is 3.80. The number of hydrogen-bond acceptors (Lipinski definition) is 7. The highest BCUT2D eigenvalue weighted by atomic mass is 19.4. The van der Waals surface area contributed by atoms with Crippen molar-refractivity contribution in [1.29, 1.82) is 0 Å². The Bertz CT molecular complexity index is 1100. The lowest BCUT2D eigenvalue weighted by atomic mass is 10.2. The third-order valence-corrected chi connectivity index (χ3v) is 3.80. The summed E-state index contributed by atoms with van der Waals surface area (Å²) in [4.78, 5) is 11.5. The molecule has 0 unspecified atom stereocenters. The fourth-order valence-electron chi connectivity index (χ4n) is 2.33. The molecule has 3 aromatic rings. The van der Waals surface area contributed by atoms with Crippen molar-refractivity contribution in [2.45, 2.75) is 12.4 Å². The van der Waals surface area contributed by atoms with Crippen LogP contribution in [0.25, 0.3) is 0 Å². The van der Waals surface area contributed by atoms with Crippen LogP contribution in [-0.2, 0) is 6.18 Å². The number of halogens is 7. The minimum Gasteiger partial charge on any atom is -0.345 e. The average molecular weight is 473 g/mol. The lowest BCUT2D eigenvalue weighted by Crippen LogP contribution is -2.23. The molecule has 33 heavy (non-hydrogen) atoms. The second-order valence-corrected chi connectivity index (χ2v) is 6.40. The molecule has 0 bridgehead atoms. The van der Waals surface area contributed by atoms with Crippen LogP contribution in [-0.4, -0.2) is 33.9 Å². The van der Waals surface area contributed by atoms with Gasteiger partial charge in [0, 0.05) is 5.69 Å². The molecule has 7 nitrogen and oxygen atoms in total. The summed E-state index contributed by atoms with van der Waals surface area (Å²) in [5.74, 6) is -1.43. The molecular formula is C19H14F7N7. The monoisotopic (exact) mass is 473 g/mol. The highest BCUT2D eigenvalue weighted by Gasteiger charge is 2.30. The molecule has 0 spiro atoms. The Balaban J connectivity index is 1.80. The van der Waals surface area contributed by atoms with Crippen LogP contribution in [0.15, 0.2) is 53.6 Å². The number of anilines is 4. The second kappa shape index (κ2) is 9.67. The summed E-state index contributed by atoms with van der Waals surface area (Å²) < 4.78 is 88.6. The summed E-state index contributed by atoms with van der Waals surface area (Å²) >= 11 is 0. The lowest BCUT2D eigenvalue weighted by Gasteiger charge is -2.12. The maximum absolute atomic E-state index is 12.9. The zero-order valence-electron chi connectivity index (χ0n) is 16.3. The lowest BCUT2D eigenvalue weighted by molar-refractivity contribution is -0.137. The van der Waals surface area contributed by atoms with E-state index >= 15 is 0 Å². The van der Waals surface area contributed by atoms with Gasteiger partial charge in [0.15, 0.2) is 0 Å². The topological polar surface area (TPSA) is 87.1 Å². The van der Waals surface area contributed by atoms with Gasteiger partial charge >= 0.3 is 12.4 Å². The Morgan fingerprint density at radius 2 is 1.39 bits per heavy atom. The highest BCUT2D eigenvalue weighted by molar-refractivity contribution is 5.79. The SMILES string of the molecule is Fc1ccc(/C=N/Nc2nc(NCC(F)(F)F)nc(Nc3ccc(C(F)(F)F)cc3)n2)cc1. The molecule has 3 rings (SSSR count). The van der Waals surface area contributed by atoms with Gasteiger partial charge in [0.1, 0.15) is 12.4 Å². The van der Waals surface area contributed by atoms with Crippen molar-refractivity contribution in [2.75, 3.05) is 22.6 Å². The van der Waals surface area contributed by atoms with E-state index in [0.29, 0.717) is 5.56 Å². The van der Waals surface area contributed by atoms with E-state index in [1.807, 2.05) is 5.32 Å². The van der Waals surface area contributed by atoms with Gasteiger partial charge in [-0.1, -0.05) is 12.1 Å². The smallest absolute Gasteiger partial charge is 0.345 e. The molecule has 0 aliphatic heterocycles. The number of hydrogen-bond donors (Lipinski definition) is 3. The Morgan fingerprint density at radius 3 is 2.00 bits per heavy atom. The molecule has 0 fully saturated rings. The van der Waals surface area contributed by atoms with Crippen LogP contribution in [0, 0.1) is 5.82 Å². The number of nitrogens with zero attached hydrogens (tertiary/aromatic N) is 4. The number of aromatic nitrogens is 3. The zero-order valence-corrected chi connectivity index (χ0v) is 16.3. The van der Waals surface area contributed by atoms with E-state index in [9.17, 15) is 30.7 Å². The molecule has 0 saturated heterocycles. The first-order valence-corrected chi connectivity index (χ1v) is 9.03. The van der Waals surface area contributed by atoms with Crippen molar-refractivity contribution >= 4 is 29.7 Å². The van der Waals surface area contributed by atoms with E-state index in [2.05, 4.69) is 30.8 Å². The predicted molar refractivity (Wildman–Crippen MR) is 107 cm³/mol. The number of alkyl halides is 6. The van der Waals surface area contributed by atoms with Crippen molar-refractivity contribution in [3.8, 4) is 0 Å². The largest absolute Gasteiger partial charge is 0.416 e. The molecule has 0 atom stereocenters. The van der Waals surface area contributed by atoms with E-state index in [4.69, 9.17) is 0 Å². The standard InChI is InChI=1S/C19H14F7N7/c20-13-5-1-11(2-6-13)9-28-33-17-31-15(27-10-18(21,22)23)30-16(32-17)29-14-7-3-12(4-8-14)19(24,25)26/h1-9H,10H2,(H3,27,29,30,31,32,33)/b28-9+. The fraction of sp³-hybridized carbons (Fsp3) is 0.158. The molecule has 0 amide bonds. The minimum atomic E-state index is -4.55. The van der Waals surface area contributed by atoms with Crippen LogP contribution in [0.3, 0.4) is 0 Å². The maximum Gasteiger partial charge on any atom is 0.416 e. The van der Waals surface area contributed by atoms with Gasteiger partial charge in [-0.2, -0.15) is 46.4 Å². The van der Waals surface area contributed by atoms with Crippen LogP contribution < -0.4 is 16.1 Å². The summed E-state index contributed by atoms with van der Waals surface area (Å²) in [6.45, 7) is -1.44. The quantitative estimate of drug-likeness (QED) is 0.249. The Morgan fingerprint density at radius 1 is 0.788 bits per heavy atom. The van der Waals surface area contributed by atoms with Crippen molar-refractivity contribution in [1.82, 2.24) is 15.0 Å². The molecule has 0 aliphatic carbocycles. The van der Waals surface area contributed by atoms with E-state index in [1.54, 1.807) is 0 Å². The van der Waals surface area contributed by atoms with Crippen molar-refractivity contribution < 1.29 is 30.7 Å². The first-order chi connectivity index (χ1) is 15.5. The summed E-state index contributed by atoms with van der Waals surface area (Å²) in [6.07, 6.45) is -7.79. The molecule has 2 aromatic carbocycles. The van der Waals surface area contributed by atoms with Gasteiger partial charge in [0.25, 0.3) is 0 Å². The van der Waals surface area contributed by atoms with Crippen LogP contribution in [0.4, 0.5) is 54.3 Å². The fourth-order valence-corrected chi connectivity index (χ4v) is 2.33. The van der Waals surface area contributed by atoms with E-state index in [1.165, 1.54) is 30.5 Å². The molecule has 1 heterocycles. The molecule has 14 heteroatoms. The van der Waals surface area contributed by atoms with Gasteiger partial charge in [-0.05, 0) is 42.0 Å². The molecule has 174 valence electrons. The summed E-state index contributed by atoms with van der Waals surface area (Å²) in [5, 5.41) is 8.40. The predicted octanol–water partition coefficient (Wildman–Crippen LogP) is 5.19. The molecule has 3 N–H and O–H groups in total. The number of rotatable bonds is 7. The van der Waals surface area contributed by atoms with E-state index < -0.39 is 36.2 Å². The van der Waals surface area contributed by atoms with Crippen molar-refractivity contribution in [3.05, 3.63) is 65.5 Å². The Labute approximate surface area is 181 Å². The van der Waals surface area contributed by atoms with Crippen LogP contribution in [0.5, 0.6) is 0 Å². The Hall–Kier alpha value is -3.97. The number of hydrazone groups is 1. The minimum absolute atomic E-state index is 0.150. The summed E-state index contributed by atoms with van der Waals surface area (Å²) in [5.41, 5.74) is 2.18. The summed E-state index contributed by atoms with van der Waals surface area (Å²) in [7, 11) is 0. The molecule has 1 aromatic heterocycles. The van der Waals surface area contributed by atoms with Gasteiger partial charge in [0.2, 0.25) is 17.8 Å².